The van der Waals surface area contributed by atoms with Gasteiger partial charge in [-0.25, -0.2) is 0 Å². The maximum Gasteiger partial charge on any atom is 0.266 e. The van der Waals surface area contributed by atoms with Crippen LogP contribution in [0, 0.1) is 0 Å². The van der Waals surface area contributed by atoms with Gasteiger partial charge in [0, 0.05) is 32.7 Å². The van der Waals surface area contributed by atoms with E-state index in [1.54, 1.807) is 25.3 Å². The first-order valence-electron chi connectivity index (χ1n) is 8.50. The van der Waals surface area contributed by atoms with Crippen molar-refractivity contribution in [3.8, 4) is 0 Å². The predicted molar refractivity (Wildman–Crippen MR) is 95.1 cm³/mol. The normalized spacial score (nSPS) is 16.9. The number of hydrogen-bond acceptors (Lipinski definition) is 5. The maximum atomic E-state index is 12.4. The third-order valence-electron chi connectivity index (χ3n) is 4.22. The first-order chi connectivity index (χ1) is 12.2. The number of furan rings is 1. The van der Waals surface area contributed by atoms with E-state index in [2.05, 4.69) is 34.3 Å². The zero-order valence-electron chi connectivity index (χ0n) is 14.4. The molecule has 1 aromatic carbocycles. The quantitative estimate of drug-likeness (QED) is 0.598. The minimum atomic E-state index is -0.605. The molecule has 1 saturated heterocycles. The second-order valence-corrected chi connectivity index (χ2v) is 6.08. The van der Waals surface area contributed by atoms with Gasteiger partial charge >= 0.3 is 0 Å². The van der Waals surface area contributed by atoms with E-state index in [1.807, 2.05) is 11.0 Å². The molecule has 1 fully saturated rings. The molecule has 0 spiro atoms. The van der Waals surface area contributed by atoms with Crippen molar-refractivity contribution in [2.75, 3.05) is 26.2 Å². The van der Waals surface area contributed by atoms with Crippen molar-refractivity contribution in [3.05, 3.63) is 60.1 Å². The molecule has 1 aliphatic rings. The van der Waals surface area contributed by atoms with Gasteiger partial charge in [0.15, 0.2) is 0 Å². The predicted octanol–water partition coefficient (Wildman–Crippen LogP) is 2.36. The fraction of sp³-hybridized carbons (Fsp3) is 0.368. The van der Waals surface area contributed by atoms with Crippen molar-refractivity contribution in [3.63, 3.8) is 0 Å². The van der Waals surface area contributed by atoms with Crippen LogP contribution in [0.15, 0.2) is 58.3 Å². The highest BCUT2D eigenvalue weighted by Crippen LogP contribution is 2.10. The summed E-state index contributed by atoms with van der Waals surface area (Å²) in [7, 11) is 0. The van der Waals surface area contributed by atoms with Crippen molar-refractivity contribution in [2.45, 2.75) is 19.6 Å². The summed E-state index contributed by atoms with van der Waals surface area (Å²) < 4.78 is 5.12. The minimum absolute atomic E-state index is 0.0315. The minimum Gasteiger partial charge on any atom is -0.463 e. The standard InChI is InChI=1S/C19H23N3O3/c1-16(25-20-14-18-8-5-13-24-18)19(23)22-11-9-21(10-12-22)15-17-6-3-2-4-7-17/h2-8,13-14,16H,9-12,15H2,1H3/b20-14-/t16-/m1/s1. The van der Waals surface area contributed by atoms with E-state index in [4.69, 9.17) is 9.25 Å². The number of piperazine rings is 1. The molecule has 0 N–H and O–H groups in total. The average Bonchev–Trinajstić information content (AvgIpc) is 3.16. The molecule has 2 aromatic rings. The number of nitrogens with zero attached hydrogens (tertiary/aromatic N) is 3. The van der Waals surface area contributed by atoms with Crippen LogP contribution >= 0.6 is 0 Å². The highest BCUT2D eigenvalue weighted by Gasteiger charge is 2.26. The van der Waals surface area contributed by atoms with Crippen LogP contribution in [0.3, 0.4) is 0 Å². The van der Waals surface area contributed by atoms with Gasteiger partial charge in [-0.15, -0.1) is 0 Å². The Balaban J connectivity index is 1.43. The molecule has 1 aliphatic heterocycles. The monoisotopic (exact) mass is 341 g/mol. The Morgan fingerprint density at radius 2 is 1.96 bits per heavy atom. The summed E-state index contributed by atoms with van der Waals surface area (Å²) in [4.78, 5) is 21.9. The van der Waals surface area contributed by atoms with Crippen molar-refractivity contribution < 1.29 is 14.0 Å². The van der Waals surface area contributed by atoms with Crippen LogP contribution in [-0.2, 0) is 16.2 Å². The van der Waals surface area contributed by atoms with Gasteiger partial charge in [0.1, 0.15) is 12.0 Å². The second-order valence-electron chi connectivity index (χ2n) is 6.08. The molecule has 25 heavy (non-hydrogen) atoms. The molecule has 3 rings (SSSR count). The van der Waals surface area contributed by atoms with E-state index < -0.39 is 6.10 Å². The third-order valence-corrected chi connectivity index (χ3v) is 4.22. The van der Waals surface area contributed by atoms with Crippen LogP contribution in [-0.4, -0.2) is 54.2 Å². The lowest BCUT2D eigenvalue weighted by atomic mass is 10.2. The summed E-state index contributed by atoms with van der Waals surface area (Å²) in [6.07, 6.45) is 2.42. The van der Waals surface area contributed by atoms with E-state index in [-0.39, 0.29) is 5.91 Å². The molecule has 2 heterocycles. The van der Waals surface area contributed by atoms with E-state index in [0.29, 0.717) is 18.8 Å². The van der Waals surface area contributed by atoms with E-state index >= 15 is 0 Å². The Kier molecular flexibility index (Phi) is 5.85. The van der Waals surface area contributed by atoms with Gasteiger partial charge in [0.25, 0.3) is 5.91 Å². The summed E-state index contributed by atoms with van der Waals surface area (Å²) in [5.41, 5.74) is 1.30. The molecule has 0 bridgehead atoms. The van der Waals surface area contributed by atoms with Gasteiger partial charge in [0.05, 0.1) is 6.26 Å². The largest absolute Gasteiger partial charge is 0.463 e. The summed E-state index contributed by atoms with van der Waals surface area (Å²) in [6, 6.07) is 13.9. The summed E-state index contributed by atoms with van der Waals surface area (Å²) in [6.45, 7) is 5.79. The maximum absolute atomic E-state index is 12.4. The molecule has 6 heteroatoms. The van der Waals surface area contributed by atoms with Gasteiger partial charge in [-0.05, 0) is 24.6 Å². The molecule has 1 amide bonds. The highest BCUT2D eigenvalue weighted by molar-refractivity contribution is 5.81. The molecule has 1 atom stereocenters. The van der Waals surface area contributed by atoms with E-state index in [0.717, 1.165) is 19.6 Å². The fourth-order valence-corrected chi connectivity index (χ4v) is 2.81. The first kappa shape index (κ1) is 17.2. The zero-order chi connectivity index (χ0) is 17.5. The van der Waals surface area contributed by atoms with Gasteiger partial charge in [-0.1, -0.05) is 35.5 Å². The molecule has 0 radical (unpaired) electrons. The number of amides is 1. The topological polar surface area (TPSA) is 58.3 Å². The molecule has 0 saturated carbocycles. The Morgan fingerprint density at radius 3 is 2.64 bits per heavy atom. The summed E-state index contributed by atoms with van der Waals surface area (Å²) >= 11 is 0. The highest BCUT2D eigenvalue weighted by atomic mass is 16.6. The molecule has 0 aliphatic carbocycles. The van der Waals surface area contributed by atoms with Crippen molar-refractivity contribution in [1.29, 1.82) is 0 Å². The average molecular weight is 341 g/mol. The SMILES string of the molecule is C[C@@H](O/N=C\c1ccco1)C(=O)N1CCN(Cc2ccccc2)CC1. The van der Waals surface area contributed by atoms with Gasteiger partial charge in [-0.3, -0.25) is 9.69 Å². The molecular formula is C19H23N3O3. The first-order valence-corrected chi connectivity index (χ1v) is 8.50. The lowest BCUT2D eigenvalue weighted by molar-refractivity contribution is -0.144. The number of carbonyl (C=O) groups is 1. The lowest BCUT2D eigenvalue weighted by Crippen LogP contribution is -2.50. The van der Waals surface area contributed by atoms with Crippen LogP contribution < -0.4 is 0 Å². The van der Waals surface area contributed by atoms with Gasteiger partial charge in [-0.2, -0.15) is 0 Å². The third kappa shape index (κ3) is 4.93. The van der Waals surface area contributed by atoms with Crippen LogP contribution in [0.2, 0.25) is 0 Å². The Morgan fingerprint density at radius 1 is 1.20 bits per heavy atom. The van der Waals surface area contributed by atoms with Crippen LogP contribution in [0.5, 0.6) is 0 Å². The number of hydrogen-bond donors (Lipinski definition) is 0. The van der Waals surface area contributed by atoms with E-state index in [1.165, 1.54) is 11.8 Å². The van der Waals surface area contributed by atoms with Crippen LogP contribution in [0.1, 0.15) is 18.2 Å². The summed E-state index contributed by atoms with van der Waals surface area (Å²) in [5.74, 6) is 0.560. The van der Waals surface area contributed by atoms with E-state index in [9.17, 15) is 4.79 Å². The Labute approximate surface area is 147 Å². The van der Waals surface area contributed by atoms with Crippen molar-refractivity contribution in [1.82, 2.24) is 9.80 Å². The molecular weight excluding hydrogens is 318 g/mol. The molecule has 1 aromatic heterocycles. The number of carbonyl (C=O) groups excluding carboxylic acids is 1. The molecule has 132 valence electrons. The molecule has 0 unspecified atom stereocenters. The van der Waals surface area contributed by atoms with Gasteiger partial charge < -0.3 is 14.2 Å². The fourth-order valence-electron chi connectivity index (χ4n) is 2.81. The number of oxime groups is 1. The smallest absolute Gasteiger partial charge is 0.266 e. The molecule has 6 nitrogen and oxygen atoms in total. The van der Waals surface area contributed by atoms with Crippen molar-refractivity contribution in [2.24, 2.45) is 5.16 Å². The van der Waals surface area contributed by atoms with Gasteiger partial charge in [0.2, 0.25) is 6.10 Å². The summed E-state index contributed by atoms with van der Waals surface area (Å²) in [5, 5.41) is 3.82. The number of rotatable bonds is 6. The zero-order valence-corrected chi connectivity index (χ0v) is 14.4. The second kappa shape index (κ2) is 8.48. The van der Waals surface area contributed by atoms with Crippen molar-refractivity contribution >= 4 is 12.1 Å². The van der Waals surface area contributed by atoms with Crippen LogP contribution in [0.4, 0.5) is 0 Å². The Bertz CT molecular complexity index is 677. The van der Waals surface area contributed by atoms with Crippen LogP contribution in [0.25, 0.3) is 0 Å². The Hall–Kier alpha value is -2.60. The number of benzene rings is 1. The lowest BCUT2D eigenvalue weighted by Gasteiger charge is -2.35.